The van der Waals surface area contributed by atoms with Gasteiger partial charge in [0.2, 0.25) is 5.82 Å². The highest BCUT2D eigenvalue weighted by Crippen LogP contribution is 2.28. The molecule has 2 aromatic carbocycles. The average molecular weight is 312 g/mol. The fraction of sp³-hybridized carbons (Fsp3) is 0. The molecular formula is C12H9FN2O5S. The van der Waals surface area contributed by atoms with Crippen LogP contribution in [0.3, 0.4) is 0 Å². The number of nitrogens with zero attached hydrogens (tertiary/aromatic N) is 1. The number of para-hydroxylation sites is 1. The van der Waals surface area contributed by atoms with Crippen molar-refractivity contribution in [1.82, 2.24) is 0 Å². The summed E-state index contributed by atoms with van der Waals surface area (Å²) in [6, 6.07) is 7.79. The summed E-state index contributed by atoms with van der Waals surface area (Å²) in [5.41, 5.74) is -1.05. The minimum Gasteiger partial charge on any atom is -0.508 e. The van der Waals surface area contributed by atoms with E-state index in [1.807, 2.05) is 0 Å². The largest absolute Gasteiger partial charge is 0.508 e. The Morgan fingerprint density at radius 1 is 1.14 bits per heavy atom. The van der Waals surface area contributed by atoms with E-state index in [1.165, 1.54) is 24.3 Å². The molecule has 0 saturated heterocycles. The van der Waals surface area contributed by atoms with Gasteiger partial charge in [-0.25, -0.2) is 8.42 Å². The fourth-order valence-electron chi connectivity index (χ4n) is 1.63. The van der Waals surface area contributed by atoms with Gasteiger partial charge < -0.3 is 5.11 Å². The van der Waals surface area contributed by atoms with E-state index in [0.717, 1.165) is 18.2 Å². The van der Waals surface area contributed by atoms with Crippen LogP contribution in [0.15, 0.2) is 47.4 Å². The van der Waals surface area contributed by atoms with Crippen LogP contribution in [-0.4, -0.2) is 18.4 Å². The number of aromatic hydroxyl groups is 1. The molecule has 2 aromatic rings. The SMILES string of the molecule is O=[N+]([O-])c1c(F)cccc1S(=O)(=O)Nc1ccc(O)cc1. The van der Waals surface area contributed by atoms with Crippen LogP contribution >= 0.6 is 0 Å². The normalized spacial score (nSPS) is 11.1. The molecule has 0 spiro atoms. The number of anilines is 1. The van der Waals surface area contributed by atoms with Crippen molar-refractivity contribution in [2.45, 2.75) is 4.90 Å². The molecule has 7 nitrogen and oxygen atoms in total. The Balaban J connectivity index is 2.47. The van der Waals surface area contributed by atoms with Gasteiger partial charge in [-0.15, -0.1) is 0 Å². The number of phenols is 1. The topological polar surface area (TPSA) is 110 Å². The number of hydrogen-bond acceptors (Lipinski definition) is 5. The van der Waals surface area contributed by atoms with Gasteiger partial charge in [0.05, 0.1) is 4.92 Å². The smallest absolute Gasteiger partial charge is 0.325 e. The maximum Gasteiger partial charge on any atom is 0.325 e. The van der Waals surface area contributed by atoms with Gasteiger partial charge in [-0.2, -0.15) is 4.39 Å². The van der Waals surface area contributed by atoms with Gasteiger partial charge in [0.25, 0.3) is 10.0 Å². The molecule has 0 atom stereocenters. The van der Waals surface area contributed by atoms with Gasteiger partial charge in [0.1, 0.15) is 5.75 Å². The van der Waals surface area contributed by atoms with Gasteiger partial charge in [0, 0.05) is 5.69 Å². The summed E-state index contributed by atoms with van der Waals surface area (Å²) in [5.74, 6) is -1.32. The second kappa shape index (κ2) is 5.37. The van der Waals surface area contributed by atoms with Crippen molar-refractivity contribution in [2.24, 2.45) is 0 Å². The second-order valence-electron chi connectivity index (χ2n) is 4.00. The van der Waals surface area contributed by atoms with Crippen molar-refractivity contribution in [3.05, 3.63) is 58.4 Å². The molecule has 21 heavy (non-hydrogen) atoms. The average Bonchev–Trinajstić information content (AvgIpc) is 2.40. The summed E-state index contributed by atoms with van der Waals surface area (Å²) in [5, 5.41) is 19.9. The number of halogens is 1. The lowest BCUT2D eigenvalue weighted by atomic mass is 10.3. The number of nitro groups is 1. The van der Waals surface area contributed by atoms with E-state index >= 15 is 0 Å². The van der Waals surface area contributed by atoms with Crippen molar-refractivity contribution in [3.63, 3.8) is 0 Å². The van der Waals surface area contributed by atoms with Gasteiger partial charge in [0.15, 0.2) is 4.90 Å². The third kappa shape index (κ3) is 3.08. The molecule has 9 heteroatoms. The first-order valence-electron chi connectivity index (χ1n) is 5.56. The maximum atomic E-state index is 13.5. The molecule has 110 valence electrons. The Labute approximate surface area is 118 Å². The molecule has 0 aliphatic rings. The molecule has 2 N–H and O–H groups in total. The molecule has 0 fully saturated rings. The summed E-state index contributed by atoms with van der Waals surface area (Å²) in [4.78, 5) is 8.95. The van der Waals surface area contributed by atoms with E-state index in [9.17, 15) is 22.9 Å². The van der Waals surface area contributed by atoms with E-state index in [-0.39, 0.29) is 11.4 Å². The van der Waals surface area contributed by atoms with Crippen molar-refractivity contribution in [1.29, 1.82) is 0 Å². The summed E-state index contributed by atoms with van der Waals surface area (Å²) >= 11 is 0. The molecule has 0 saturated carbocycles. The highest BCUT2D eigenvalue weighted by molar-refractivity contribution is 7.92. The van der Waals surface area contributed by atoms with E-state index < -0.39 is 31.3 Å². The molecule has 2 rings (SSSR count). The van der Waals surface area contributed by atoms with E-state index in [2.05, 4.69) is 4.72 Å². The van der Waals surface area contributed by atoms with Crippen LogP contribution in [0.4, 0.5) is 15.8 Å². The van der Waals surface area contributed by atoms with Crippen LogP contribution in [0.25, 0.3) is 0 Å². The van der Waals surface area contributed by atoms with Crippen LogP contribution in [-0.2, 0) is 10.0 Å². The highest BCUT2D eigenvalue weighted by Gasteiger charge is 2.29. The number of sulfonamides is 1. The standard InChI is InChI=1S/C12H9FN2O5S/c13-10-2-1-3-11(12(10)15(17)18)21(19,20)14-8-4-6-9(16)7-5-8/h1-7,14,16H. The van der Waals surface area contributed by atoms with Gasteiger partial charge >= 0.3 is 5.69 Å². The molecule has 0 aromatic heterocycles. The fourth-order valence-corrected chi connectivity index (χ4v) is 2.87. The summed E-state index contributed by atoms with van der Waals surface area (Å²) in [7, 11) is -4.34. The first-order chi connectivity index (χ1) is 9.81. The van der Waals surface area contributed by atoms with Crippen LogP contribution in [0, 0.1) is 15.9 Å². The first-order valence-corrected chi connectivity index (χ1v) is 7.04. The molecule has 0 aliphatic carbocycles. The van der Waals surface area contributed by atoms with Crippen molar-refractivity contribution >= 4 is 21.4 Å². The summed E-state index contributed by atoms with van der Waals surface area (Å²) < 4.78 is 39.8. The number of nitrogens with one attached hydrogen (secondary N) is 1. The molecule has 0 bridgehead atoms. The quantitative estimate of drug-likeness (QED) is 0.511. The lowest BCUT2D eigenvalue weighted by molar-refractivity contribution is -0.390. The Kier molecular flexibility index (Phi) is 3.76. The van der Waals surface area contributed by atoms with E-state index in [4.69, 9.17) is 5.11 Å². The molecular weight excluding hydrogens is 303 g/mol. The number of benzene rings is 2. The molecule has 0 heterocycles. The van der Waals surface area contributed by atoms with E-state index in [1.54, 1.807) is 0 Å². The predicted molar refractivity (Wildman–Crippen MR) is 72.0 cm³/mol. The number of phenolic OH excluding ortho intramolecular Hbond substituents is 1. The Morgan fingerprint density at radius 3 is 2.33 bits per heavy atom. The van der Waals surface area contributed by atoms with Crippen molar-refractivity contribution < 1.29 is 22.8 Å². The lowest BCUT2D eigenvalue weighted by Gasteiger charge is -2.08. The molecule has 0 unspecified atom stereocenters. The highest BCUT2D eigenvalue weighted by atomic mass is 32.2. The van der Waals surface area contributed by atoms with Gasteiger partial charge in [-0.1, -0.05) is 6.07 Å². The third-order valence-corrected chi connectivity index (χ3v) is 3.95. The summed E-state index contributed by atoms with van der Waals surface area (Å²) in [6.45, 7) is 0. The Morgan fingerprint density at radius 2 is 1.76 bits per heavy atom. The maximum absolute atomic E-state index is 13.5. The lowest BCUT2D eigenvalue weighted by Crippen LogP contribution is -2.15. The molecule has 0 radical (unpaired) electrons. The predicted octanol–water partition coefficient (Wildman–Crippen LogP) is 2.24. The van der Waals surface area contributed by atoms with Crippen LogP contribution in [0.5, 0.6) is 5.75 Å². The minimum absolute atomic E-state index is 0.0744. The summed E-state index contributed by atoms with van der Waals surface area (Å²) in [6.07, 6.45) is 0. The zero-order valence-electron chi connectivity index (χ0n) is 10.4. The van der Waals surface area contributed by atoms with Crippen LogP contribution in [0.1, 0.15) is 0 Å². The second-order valence-corrected chi connectivity index (χ2v) is 5.65. The zero-order valence-corrected chi connectivity index (χ0v) is 11.2. The van der Waals surface area contributed by atoms with Gasteiger partial charge in [-0.3, -0.25) is 14.8 Å². The van der Waals surface area contributed by atoms with Crippen molar-refractivity contribution in [3.8, 4) is 5.75 Å². The molecule has 0 amide bonds. The zero-order chi connectivity index (χ0) is 15.6. The molecule has 0 aliphatic heterocycles. The number of hydrogen-bond donors (Lipinski definition) is 2. The monoisotopic (exact) mass is 312 g/mol. The Hall–Kier alpha value is -2.68. The van der Waals surface area contributed by atoms with Crippen LogP contribution < -0.4 is 4.72 Å². The van der Waals surface area contributed by atoms with E-state index in [0.29, 0.717) is 0 Å². The number of nitro benzene ring substituents is 1. The first kappa shape index (κ1) is 14.7. The Bertz CT molecular complexity index is 790. The third-order valence-electron chi connectivity index (χ3n) is 2.54. The van der Waals surface area contributed by atoms with Gasteiger partial charge in [-0.05, 0) is 36.4 Å². The number of rotatable bonds is 4. The van der Waals surface area contributed by atoms with Crippen LogP contribution in [0.2, 0.25) is 0 Å². The van der Waals surface area contributed by atoms with Crippen molar-refractivity contribution in [2.75, 3.05) is 4.72 Å². The minimum atomic E-state index is -4.34.